The smallest absolute Gasteiger partial charge is 0.246 e. The van der Waals surface area contributed by atoms with E-state index in [1.165, 1.54) is 22.6 Å². The predicted octanol–water partition coefficient (Wildman–Crippen LogP) is -0.0643. The van der Waals surface area contributed by atoms with Gasteiger partial charge in [-0.2, -0.15) is 9.57 Å². The average Bonchev–Trinajstić information content (AvgIpc) is 2.88. The molecule has 1 atom stereocenters. The largest absolute Gasteiger partial charge is 0.316 e. The van der Waals surface area contributed by atoms with Gasteiger partial charge in [0.25, 0.3) is 0 Å². The number of hydrogen-bond acceptors (Lipinski definition) is 5. The third-order valence-corrected chi connectivity index (χ3v) is 4.95. The van der Waals surface area contributed by atoms with Crippen molar-refractivity contribution in [2.24, 2.45) is 0 Å². The number of rotatable bonds is 3. The standard InChI is InChI=1S/C11H14N4O2S/c1-13-9-4-6-15(8-9)18(16,17)11-3-2-5-14-10(11)7-12/h2-3,5,9,13H,4,6,8H2,1H3. The van der Waals surface area contributed by atoms with Gasteiger partial charge in [-0.15, -0.1) is 0 Å². The fourth-order valence-corrected chi connectivity index (χ4v) is 3.60. The van der Waals surface area contributed by atoms with Crippen LogP contribution in [0.3, 0.4) is 0 Å². The molecule has 96 valence electrons. The Morgan fingerprint density at radius 1 is 1.61 bits per heavy atom. The fourth-order valence-electron chi connectivity index (χ4n) is 2.00. The maximum Gasteiger partial charge on any atom is 0.246 e. The van der Waals surface area contributed by atoms with Crippen molar-refractivity contribution in [3.8, 4) is 6.07 Å². The first kappa shape index (κ1) is 13.0. The Bertz CT molecular complexity index is 579. The van der Waals surface area contributed by atoms with Crippen molar-refractivity contribution in [2.75, 3.05) is 20.1 Å². The molecule has 0 aromatic carbocycles. The van der Waals surface area contributed by atoms with Gasteiger partial charge in [-0.05, 0) is 25.6 Å². The molecule has 1 aromatic heterocycles. The molecular formula is C11H14N4O2S. The molecule has 0 spiro atoms. The molecule has 2 rings (SSSR count). The van der Waals surface area contributed by atoms with Crippen molar-refractivity contribution in [1.82, 2.24) is 14.6 Å². The first-order valence-electron chi connectivity index (χ1n) is 5.62. The summed E-state index contributed by atoms with van der Waals surface area (Å²) < 4.78 is 26.2. The second kappa shape index (κ2) is 5.02. The summed E-state index contributed by atoms with van der Waals surface area (Å²) in [5.74, 6) is 0. The molecular weight excluding hydrogens is 252 g/mol. The van der Waals surface area contributed by atoms with Gasteiger partial charge in [0.15, 0.2) is 5.69 Å². The van der Waals surface area contributed by atoms with Crippen molar-refractivity contribution in [3.05, 3.63) is 24.0 Å². The lowest BCUT2D eigenvalue weighted by Gasteiger charge is -2.16. The molecule has 0 amide bonds. The number of nitrogens with zero attached hydrogens (tertiary/aromatic N) is 3. The summed E-state index contributed by atoms with van der Waals surface area (Å²) in [5, 5.41) is 12.0. The summed E-state index contributed by atoms with van der Waals surface area (Å²) >= 11 is 0. The minimum absolute atomic E-state index is 0.00995. The third-order valence-electron chi connectivity index (χ3n) is 3.05. The first-order valence-corrected chi connectivity index (χ1v) is 7.06. The molecule has 6 nitrogen and oxygen atoms in total. The van der Waals surface area contributed by atoms with Crippen LogP contribution < -0.4 is 5.32 Å². The number of sulfonamides is 1. The second-order valence-electron chi connectivity index (χ2n) is 4.10. The van der Waals surface area contributed by atoms with Crippen molar-refractivity contribution in [3.63, 3.8) is 0 Å². The van der Waals surface area contributed by atoms with Crippen LogP contribution in [0.2, 0.25) is 0 Å². The Kier molecular flexibility index (Phi) is 3.61. The van der Waals surface area contributed by atoms with Gasteiger partial charge in [-0.1, -0.05) is 0 Å². The van der Waals surface area contributed by atoms with Crippen LogP contribution in [0, 0.1) is 11.3 Å². The molecule has 1 fully saturated rings. The number of nitrogens with one attached hydrogen (secondary N) is 1. The molecule has 1 aliphatic heterocycles. The van der Waals surface area contributed by atoms with Crippen LogP contribution in [-0.2, 0) is 10.0 Å². The van der Waals surface area contributed by atoms with Gasteiger partial charge in [-0.3, -0.25) is 0 Å². The minimum atomic E-state index is -3.62. The van der Waals surface area contributed by atoms with E-state index in [-0.39, 0.29) is 16.6 Å². The quantitative estimate of drug-likeness (QED) is 0.828. The zero-order valence-corrected chi connectivity index (χ0v) is 10.8. The minimum Gasteiger partial charge on any atom is -0.316 e. The topological polar surface area (TPSA) is 86.1 Å². The van der Waals surface area contributed by atoms with Crippen molar-refractivity contribution in [2.45, 2.75) is 17.4 Å². The van der Waals surface area contributed by atoms with Gasteiger partial charge in [0.2, 0.25) is 10.0 Å². The van der Waals surface area contributed by atoms with Crippen molar-refractivity contribution < 1.29 is 8.42 Å². The zero-order chi connectivity index (χ0) is 13.2. The van der Waals surface area contributed by atoms with Crippen molar-refractivity contribution in [1.29, 1.82) is 5.26 Å². The van der Waals surface area contributed by atoms with Crippen molar-refractivity contribution >= 4 is 10.0 Å². The van der Waals surface area contributed by atoms with Gasteiger partial charge >= 0.3 is 0 Å². The fraction of sp³-hybridized carbons (Fsp3) is 0.455. The van der Waals surface area contributed by atoms with Gasteiger partial charge in [0.1, 0.15) is 11.0 Å². The van der Waals surface area contributed by atoms with Crippen LogP contribution in [0.4, 0.5) is 0 Å². The maximum absolute atomic E-state index is 12.4. The molecule has 0 saturated carbocycles. The summed E-state index contributed by atoms with van der Waals surface area (Å²) in [6, 6.07) is 4.94. The van der Waals surface area contributed by atoms with Gasteiger partial charge in [-0.25, -0.2) is 13.4 Å². The zero-order valence-electron chi connectivity index (χ0n) is 10.00. The van der Waals surface area contributed by atoms with E-state index < -0.39 is 10.0 Å². The number of hydrogen-bond donors (Lipinski definition) is 1. The second-order valence-corrected chi connectivity index (χ2v) is 6.01. The SMILES string of the molecule is CNC1CCN(S(=O)(=O)c2cccnc2C#N)C1. The molecule has 18 heavy (non-hydrogen) atoms. The molecule has 1 N–H and O–H groups in total. The van der Waals surface area contributed by atoms with E-state index in [9.17, 15) is 8.42 Å². The summed E-state index contributed by atoms with van der Waals surface area (Å²) in [6.45, 7) is 0.895. The van der Waals surface area contributed by atoms with Crippen LogP contribution in [-0.4, -0.2) is 43.9 Å². The predicted molar refractivity (Wildman–Crippen MR) is 65.2 cm³/mol. The van der Waals surface area contributed by atoms with E-state index in [0.717, 1.165) is 6.42 Å². The molecule has 0 radical (unpaired) electrons. The summed E-state index contributed by atoms with van der Waals surface area (Å²) in [4.78, 5) is 3.78. The Hall–Kier alpha value is -1.49. The van der Waals surface area contributed by atoms with E-state index >= 15 is 0 Å². The van der Waals surface area contributed by atoms with E-state index in [1.807, 2.05) is 13.1 Å². The summed E-state index contributed by atoms with van der Waals surface area (Å²) in [5.41, 5.74) is -0.0505. The van der Waals surface area contributed by atoms with E-state index in [4.69, 9.17) is 5.26 Å². The molecule has 1 saturated heterocycles. The highest BCUT2D eigenvalue weighted by molar-refractivity contribution is 7.89. The maximum atomic E-state index is 12.4. The highest BCUT2D eigenvalue weighted by Crippen LogP contribution is 2.22. The highest BCUT2D eigenvalue weighted by atomic mass is 32.2. The molecule has 0 aliphatic carbocycles. The molecule has 1 aromatic rings. The van der Waals surface area contributed by atoms with E-state index in [1.54, 1.807) is 0 Å². The average molecular weight is 266 g/mol. The van der Waals surface area contributed by atoms with E-state index in [0.29, 0.717) is 13.1 Å². The Balaban J connectivity index is 2.35. The molecule has 0 bridgehead atoms. The summed E-state index contributed by atoms with van der Waals surface area (Å²) in [7, 11) is -1.81. The van der Waals surface area contributed by atoms with Crippen LogP contribution in [0.25, 0.3) is 0 Å². The van der Waals surface area contributed by atoms with E-state index in [2.05, 4.69) is 10.3 Å². The lowest BCUT2D eigenvalue weighted by atomic mass is 10.3. The van der Waals surface area contributed by atoms with Crippen LogP contribution in [0.15, 0.2) is 23.2 Å². The van der Waals surface area contributed by atoms with Crippen LogP contribution >= 0.6 is 0 Å². The van der Waals surface area contributed by atoms with Gasteiger partial charge < -0.3 is 5.32 Å². The molecule has 7 heteroatoms. The Labute approximate surface area is 106 Å². The number of nitriles is 1. The highest BCUT2D eigenvalue weighted by Gasteiger charge is 2.33. The number of likely N-dealkylation sites (N-methyl/N-ethyl adjacent to an activating group) is 1. The lowest BCUT2D eigenvalue weighted by Crippen LogP contribution is -2.33. The monoisotopic (exact) mass is 266 g/mol. The lowest BCUT2D eigenvalue weighted by molar-refractivity contribution is 0.464. The van der Waals surface area contributed by atoms with Crippen LogP contribution in [0.1, 0.15) is 12.1 Å². The number of pyridine rings is 1. The third kappa shape index (κ3) is 2.22. The first-order chi connectivity index (χ1) is 8.59. The molecule has 1 aliphatic rings. The molecule has 2 heterocycles. The van der Waals surface area contributed by atoms with Crippen LogP contribution in [0.5, 0.6) is 0 Å². The normalized spacial score (nSPS) is 20.8. The summed E-state index contributed by atoms with van der Waals surface area (Å²) in [6.07, 6.45) is 2.19. The van der Waals surface area contributed by atoms with Gasteiger partial charge in [0, 0.05) is 25.3 Å². The van der Waals surface area contributed by atoms with Gasteiger partial charge in [0.05, 0.1) is 0 Å². The molecule has 1 unspecified atom stereocenters. The Morgan fingerprint density at radius 2 is 2.39 bits per heavy atom. The number of aromatic nitrogens is 1. The Morgan fingerprint density at radius 3 is 3.00 bits per heavy atom.